The third kappa shape index (κ3) is 3.09. The van der Waals surface area contributed by atoms with Gasteiger partial charge < -0.3 is 15.0 Å². The van der Waals surface area contributed by atoms with Crippen LogP contribution in [0.4, 0.5) is 11.4 Å². The maximum Gasteiger partial charge on any atom is 0.236 e. The average molecular weight is 314 g/mol. The lowest BCUT2D eigenvalue weighted by Gasteiger charge is -2.27. The molecule has 0 radical (unpaired) electrons. The Kier molecular flexibility index (Phi) is 3.88. The van der Waals surface area contributed by atoms with E-state index in [4.69, 9.17) is 4.74 Å². The summed E-state index contributed by atoms with van der Waals surface area (Å²) < 4.78 is 5.86. The number of rotatable bonds is 4. The lowest BCUT2D eigenvalue weighted by atomic mass is 9.93. The number of hydrogen-bond acceptors (Lipinski definition) is 3. The molecule has 1 N–H and O–H groups in total. The SMILES string of the molecule is C=CCN1C(=O)C(C)(C)COc2cc(NC(=O)C3CC3)ccc21. The van der Waals surface area contributed by atoms with E-state index in [9.17, 15) is 9.59 Å². The second-order valence-electron chi connectivity index (χ2n) is 6.82. The minimum Gasteiger partial charge on any atom is -0.490 e. The standard InChI is InChI=1S/C18H22N2O3/c1-4-9-20-14-8-7-13(19-16(21)12-5-6-12)10-15(14)23-11-18(2,3)17(20)22/h4,7-8,10,12H,1,5-6,9,11H2,2-3H3,(H,19,21). The Morgan fingerprint density at radius 1 is 1.48 bits per heavy atom. The molecule has 1 aliphatic heterocycles. The molecule has 0 atom stereocenters. The van der Waals surface area contributed by atoms with E-state index >= 15 is 0 Å². The molecule has 0 aromatic heterocycles. The average Bonchev–Trinajstić information content (AvgIpc) is 3.35. The van der Waals surface area contributed by atoms with Crippen LogP contribution in [0.1, 0.15) is 26.7 Å². The zero-order valence-electron chi connectivity index (χ0n) is 13.6. The van der Waals surface area contributed by atoms with Gasteiger partial charge >= 0.3 is 0 Å². The highest BCUT2D eigenvalue weighted by molar-refractivity contribution is 6.00. The number of carbonyl (C=O) groups is 2. The second kappa shape index (κ2) is 5.72. The molecular weight excluding hydrogens is 292 g/mol. The maximum atomic E-state index is 12.7. The van der Waals surface area contributed by atoms with Crippen LogP contribution in [-0.2, 0) is 9.59 Å². The van der Waals surface area contributed by atoms with Crippen molar-refractivity contribution in [3.8, 4) is 5.75 Å². The van der Waals surface area contributed by atoms with Gasteiger partial charge in [-0.3, -0.25) is 9.59 Å². The number of nitrogens with zero attached hydrogens (tertiary/aromatic N) is 1. The van der Waals surface area contributed by atoms with E-state index in [0.29, 0.717) is 30.3 Å². The minimum absolute atomic E-state index is 0.00548. The van der Waals surface area contributed by atoms with Crippen molar-refractivity contribution >= 4 is 23.2 Å². The van der Waals surface area contributed by atoms with Crippen LogP contribution in [0.5, 0.6) is 5.75 Å². The predicted octanol–water partition coefficient (Wildman–Crippen LogP) is 2.97. The third-order valence-corrected chi connectivity index (χ3v) is 4.19. The van der Waals surface area contributed by atoms with Gasteiger partial charge in [-0.2, -0.15) is 0 Å². The Bertz CT molecular complexity index is 662. The number of fused-ring (bicyclic) bond motifs is 1. The van der Waals surface area contributed by atoms with E-state index in [0.717, 1.165) is 12.8 Å². The molecule has 0 saturated heterocycles. The number of benzene rings is 1. The van der Waals surface area contributed by atoms with Crippen molar-refractivity contribution in [3.05, 3.63) is 30.9 Å². The normalized spacial score (nSPS) is 19.4. The van der Waals surface area contributed by atoms with Crippen LogP contribution in [0, 0.1) is 11.3 Å². The first-order valence-electron chi connectivity index (χ1n) is 7.93. The van der Waals surface area contributed by atoms with Gasteiger partial charge in [0.2, 0.25) is 11.8 Å². The van der Waals surface area contributed by atoms with Crippen LogP contribution in [0.2, 0.25) is 0 Å². The Morgan fingerprint density at radius 3 is 2.87 bits per heavy atom. The monoisotopic (exact) mass is 314 g/mol. The summed E-state index contributed by atoms with van der Waals surface area (Å²) in [4.78, 5) is 26.3. The molecule has 3 rings (SSSR count). The Labute approximate surface area is 136 Å². The number of anilines is 2. The molecule has 1 saturated carbocycles. The molecule has 2 amide bonds. The lowest BCUT2D eigenvalue weighted by molar-refractivity contribution is -0.127. The molecule has 1 aliphatic carbocycles. The van der Waals surface area contributed by atoms with Gasteiger partial charge in [-0.25, -0.2) is 0 Å². The van der Waals surface area contributed by atoms with Gasteiger partial charge in [-0.05, 0) is 38.8 Å². The molecule has 1 fully saturated rings. The molecule has 23 heavy (non-hydrogen) atoms. The van der Waals surface area contributed by atoms with Crippen molar-refractivity contribution in [1.29, 1.82) is 0 Å². The number of carbonyl (C=O) groups excluding carboxylic acids is 2. The molecule has 0 bridgehead atoms. The lowest BCUT2D eigenvalue weighted by Crippen LogP contribution is -2.42. The third-order valence-electron chi connectivity index (χ3n) is 4.19. The summed E-state index contributed by atoms with van der Waals surface area (Å²) in [7, 11) is 0. The molecule has 2 aliphatic rings. The number of amides is 2. The fourth-order valence-corrected chi connectivity index (χ4v) is 2.63. The molecule has 0 unspecified atom stereocenters. The van der Waals surface area contributed by atoms with E-state index in [-0.39, 0.29) is 17.7 Å². The quantitative estimate of drug-likeness (QED) is 0.869. The van der Waals surface area contributed by atoms with Crippen molar-refractivity contribution < 1.29 is 14.3 Å². The first-order valence-corrected chi connectivity index (χ1v) is 7.93. The fourth-order valence-electron chi connectivity index (χ4n) is 2.63. The maximum absolute atomic E-state index is 12.7. The first kappa shape index (κ1) is 15.6. The van der Waals surface area contributed by atoms with Gasteiger partial charge in [0.1, 0.15) is 12.4 Å². The van der Waals surface area contributed by atoms with Gasteiger partial charge in [0.25, 0.3) is 0 Å². The van der Waals surface area contributed by atoms with Crippen molar-refractivity contribution in [1.82, 2.24) is 0 Å². The highest BCUT2D eigenvalue weighted by atomic mass is 16.5. The van der Waals surface area contributed by atoms with Crippen molar-refractivity contribution in [2.75, 3.05) is 23.4 Å². The molecule has 1 aromatic rings. The van der Waals surface area contributed by atoms with E-state index in [1.807, 2.05) is 26.0 Å². The summed E-state index contributed by atoms with van der Waals surface area (Å²) in [6, 6.07) is 5.42. The van der Waals surface area contributed by atoms with Crippen LogP contribution in [0.3, 0.4) is 0 Å². The summed E-state index contributed by atoms with van der Waals surface area (Å²) in [6.45, 7) is 8.19. The summed E-state index contributed by atoms with van der Waals surface area (Å²) in [5, 5.41) is 2.91. The number of hydrogen-bond donors (Lipinski definition) is 1. The van der Waals surface area contributed by atoms with Gasteiger partial charge in [0, 0.05) is 24.2 Å². The highest BCUT2D eigenvalue weighted by Gasteiger charge is 2.37. The van der Waals surface area contributed by atoms with E-state index in [1.165, 1.54) is 0 Å². The first-order chi connectivity index (χ1) is 10.9. The zero-order valence-corrected chi connectivity index (χ0v) is 13.6. The molecule has 5 nitrogen and oxygen atoms in total. The largest absolute Gasteiger partial charge is 0.490 e. The predicted molar refractivity (Wildman–Crippen MR) is 89.6 cm³/mol. The highest BCUT2D eigenvalue weighted by Crippen LogP contribution is 2.38. The Hall–Kier alpha value is -2.30. The fraction of sp³-hybridized carbons (Fsp3) is 0.444. The summed E-state index contributed by atoms with van der Waals surface area (Å²) >= 11 is 0. The summed E-state index contributed by atoms with van der Waals surface area (Å²) in [5.74, 6) is 0.815. The minimum atomic E-state index is -0.612. The number of ether oxygens (including phenoxy) is 1. The molecular formula is C18H22N2O3. The van der Waals surface area contributed by atoms with Crippen molar-refractivity contribution in [3.63, 3.8) is 0 Å². The molecule has 0 spiro atoms. The Morgan fingerprint density at radius 2 is 2.22 bits per heavy atom. The van der Waals surface area contributed by atoms with E-state index in [1.54, 1.807) is 17.0 Å². The van der Waals surface area contributed by atoms with Gasteiger partial charge in [-0.1, -0.05) is 6.08 Å². The smallest absolute Gasteiger partial charge is 0.236 e. The second-order valence-corrected chi connectivity index (χ2v) is 6.82. The van der Waals surface area contributed by atoms with Crippen LogP contribution >= 0.6 is 0 Å². The van der Waals surface area contributed by atoms with Gasteiger partial charge in [0.15, 0.2) is 0 Å². The molecule has 122 valence electrons. The molecule has 1 aromatic carbocycles. The van der Waals surface area contributed by atoms with Gasteiger partial charge in [0.05, 0.1) is 11.1 Å². The summed E-state index contributed by atoms with van der Waals surface area (Å²) in [6.07, 6.45) is 3.62. The van der Waals surface area contributed by atoms with Crippen LogP contribution in [0.15, 0.2) is 30.9 Å². The van der Waals surface area contributed by atoms with Crippen molar-refractivity contribution in [2.24, 2.45) is 11.3 Å². The Balaban J connectivity index is 1.91. The van der Waals surface area contributed by atoms with Gasteiger partial charge in [-0.15, -0.1) is 6.58 Å². The topological polar surface area (TPSA) is 58.6 Å². The van der Waals surface area contributed by atoms with Crippen LogP contribution < -0.4 is 15.0 Å². The molecule has 5 heteroatoms. The van der Waals surface area contributed by atoms with E-state index in [2.05, 4.69) is 11.9 Å². The number of nitrogens with one attached hydrogen (secondary N) is 1. The van der Waals surface area contributed by atoms with Crippen LogP contribution in [-0.4, -0.2) is 25.0 Å². The van der Waals surface area contributed by atoms with E-state index < -0.39 is 5.41 Å². The van der Waals surface area contributed by atoms with Crippen molar-refractivity contribution in [2.45, 2.75) is 26.7 Å². The zero-order chi connectivity index (χ0) is 16.6. The van der Waals surface area contributed by atoms with Crippen LogP contribution in [0.25, 0.3) is 0 Å². The molecule has 1 heterocycles. The summed E-state index contributed by atoms with van der Waals surface area (Å²) in [5.41, 5.74) is 0.802.